The van der Waals surface area contributed by atoms with Crippen LogP contribution in [0.5, 0.6) is 0 Å². The maximum Gasteiger partial charge on any atom is 0.243 e. The quantitative estimate of drug-likeness (QED) is 0.794. The number of aryl methyl sites for hydroxylation is 2. The summed E-state index contributed by atoms with van der Waals surface area (Å²) in [5, 5.41) is 0. The minimum Gasteiger partial charge on any atom is -0.340 e. The average molecular weight is 432 g/mol. The van der Waals surface area contributed by atoms with Gasteiger partial charge in [-0.2, -0.15) is 4.31 Å². The molecule has 160 valence electrons. The van der Waals surface area contributed by atoms with Crippen molar-refractivity contribution in [3.05, 3.63) is 28.8 Å². The first-order valence-electron chi connectivity index (χ1n) is 9.49. The second-order valence-corrected chi connectivity index (χ2v) is 10.5. The third kappa shape index (κ3) is 5.47. The number of sulfonamides is 1. The van der Waals surface area contributed by atoms with E-state index in [1.54, 1.807) is 11.8 Å². The molecular formula is C20H34ClN3O3S. The molecule has 2 N–H and O–H groups in total. The second-order valence-electron chi connectivity index (χ2n) is 8.66. The molecule has 0 radical (unpaired) electrons. The zero-order chi connectivity index (χ0) is 20.6. The van der Waals surface area contributed by atoms with Gasteiger partial charge < -0.3 is 10.6 Å². The van der Waals surface area contributed by atoms with Gasteiger partial charge in [-0.1, -0.05) is 32.9 Å². The molecule has 1 fully saturated rings. The maximum atomic E-state index is 13.2. The van der Waals surface area contributed by atoms with E-state index in [0.29, 0.717) is 37.5 Å². The highest BCUT2D eigenvalue weighted by Crippen LogP contribution is 2.31. The Hall–Kier alpha value is -1.15. The molecule has 1 unspecified atom stereocenters. The topological polar surface area (TPSA) is 83.7 Å². The average Bonchev–Trinajstić information content (AvgIpc) is 2.52. The summed E-state index contributed by atoms with van der Waals surface area (Å²) in [5.74, 6) is -0.0102. The van der Waals surface area contributed by atoms with Gasteiger partial charge >= 0.3 is 0 Å². The standard InChI is InChI=1S/C20H33N3O3S.ClH/c1-14-11-17(20(4,5)6)12-15(2)19(14)27(25,26)23-9-7-22(8-10-23)18(24)13-16(3)21;/h11-12,16H,7-10,13,21H2,1-6H3;1H. The van der Waals surface area contributed by atoms with E-state index in [1.165, 1.54) is 4.31 Å². The fourth-order valence-electron chi connectivity index (χ4n) is 3.50. The molecule has 8 heteroatoms. The van der Waals surface area contributed by atoms with Gasteiger partial charge in [0.2, 0.25) is 15.9 Å². The molecule has 1 aliphatic rings. The van der Waals surface area contributed by atoms with E-state index in [9.17, 15) is 13.2 Å². The van der Waals surface area contributed by atoms with Gasteiger partial charge in [0, 0.05) is 38.6 Å². The van der Waals surface area contributed by atoms with Crippen LogP contribution in [0.15, 0.2) is 17.0 Å². The summed E-state index contributed by atoms with van der Waals surface area (Å²) in [5.41, 5.74) is 8.33. The van der Waals surface area contributed by atoms with Crippen molar-refractivity contribution < 1.29 is 13.2 Å². The van der Waals surface area contributed by atoms with Crippen molar-refractivity contribution in [3.63, 3.8) is 0 Å². The SMILES string of the molecule is Cc1cc(C(C)(C)C)cc(C)c1S(=O)(=O)N1CCN(C(=O)CC(C)N)CC1.Cl. The second kappa shape index (κ2) is 9.11. The minimum atomic E-state index is -3.59. The Labute approximate surface area is 175 Å². The van der Waals surface area contributed by atoms with Crippen LogP contribution in [0.4, 0.5) is 0 Å². The third-order valence-electron chi connectivity index (χ3n) is 5.01. The summed E-state index contributed by atoms with van der Waals surface area (Å²) < 4.78 is 28.0. The molecule has 1 aromatic carbocycles. The lowest BCUT2D eigenvalue weighted by Gasteiger charge is -2.35. The fraction of sp³-hybridized carbons (Fsp3) is 0.650. The predicted octanol–water partition coefficient (Wildman–Crippen LogP) is 2.59. The number of nitrogens with two attached hydrogens (primary N) is 1. The minimum absolute atomic E-state index is 0. The van der Waals surface area contributed by atoms with Crippen molar-refractivity contribution in [1.29, 1.82) is 0 Å². The molecule has 1 aromatic rings. The maximum absolute atomic E-state index is 13.2. The molecule has 1 amide bonds. The van der Waals surface area contributed by atoms with E-state index in [-0.39, 0.29) is 29.8 Å². The lowest BCUT2D eigenvalue weighted by molar-refractivity contribution is -0.132. The van der Waals surface area contributed by atoms with Gasteiger partial charge in [-0.05, 0) is 42.9 Å². The number of piperazine rings is 1. The fourth-order valence-corrected chi connectivity index (χ4v) is 5.34. The van der Waals surface area contributed by atoms with Gasteiger partial charge in [-0.25, -0.2) is 8.42 Å². The Morgan fingerprint density at radius 2 is 1.57 bits per heavy atom. The zero-order valence-corrected chi connectivity index (χ0v) is 19.4. The number of hydrogen-bond donors (Lipinski definition) is 1. The molecule has 1 heterocycles. The lowest BCUT2D eigenvalue weighted by atomic mass is 9.85. The Bertz CT molecular complexity index is 785. The Morgan fingerprint density at radius 1 is 1.11 bits per heavy atom. The van der Waals surface area contributed by atoms with Crippen LogP contribution >= 0.6 is 12.4 Å². The van der Waals surface area contributed by atoms with Crippen LogP contribution in [0.25, 0.3) is 0 Å². The first kappa shape index (κ1) is 24.9. The Morgan fingerprint density at radius 3 is 1.96 bits per heavy atom. The van der Waals surface area contributed by atoms with Crippen LogP contribution in [-0.4, -0.2) is 55.8 Å². The van der Waals surface area contributed by atoms with Crippen molar-refractivity contribution in [2.45, 2.75) is 64.3 Å². The predicted molar refractivity (Wildman–Crippen MR) is 115 cm³/mol. The van der Waals surface area contributed by atoms with Crippen LogP contribution < -0.4 is 5.73 Å². The van der Waals surface area contributed by atoms with Gasteiger partial charge in [-0.3, -0.25) is 4.79 Å². The molecule has 1 aliphatic heterocycles. The number of carbonyl (C=O) groups excluding carboxylic acids is 1. The van der Waals surface area contributed by atoms with E-state index in [4.69, 9.17) is 5.73 Å². The van der Waals surface area contributed by atoms with E-state index < -0.39 is 10.0 Å². The molecule has 2 rings (SSSR count). The van der Waals surface area contributed by atoms with Gasteiger partial charge in [0.1, 0.15) is 0 Å². The molecule has 1 saturated heterocycles. The molecular weight excluding hydrogens is 398 g/mol. The zero-order valence-electron chi connectivity index (χ0n) is 17.8. The van der Waals surface area contributed by atoms with Gasteiger partial charge in [-0.15, -0.1) is 12.4 Å². The van der Waals surface area contributed by atoms with Crippen LogP contribution in [-0.2, 0) is 20.2 Å². The van der Waals surface area contributed by atoms with Crippen LogP contribution in [0.1, 0.15) is 50.8 Å². The van der Waals surface area contributed by atoms with E-state index in [1.807, 2.05) is 26.0 Å². The highest BCUT2D eigenvalue weighted by atomic mass is 35.5. The first-order chi connectivity index (χ1) is 12.3. The molecule has 0 aromatic heterocycles. The number of rotatable bonds is 4. The molecule has 1 atom stereocenters. The summed E-state index contributed by atoms with van der Waals surface area (Å²) in [6.45, 7) is 13.3. The first-order valence-corrected chi connectivity index (χ1v) is 10.9. The van der Waals surface area contributed by atoms with Gasteiger partial charge in [0.15, 0.2) is 0 Å². The Balaban J connectivity index is 0.00000392. The summed E-state index contributed by atoms with van der Waals surface area (Å²) in [7, 11) is -3.59. The monoisotopic (exact) mass is 431 g/mol. The number of benzene rings is 1. The normalized spacial score (nSPS) is 17.2. The largest absolute Gasteiger partial charge is 0.340 e. The smallest absolute Gasteiger partial charge is 0.243 e. The third-order valence-corrected chi connectivity index (χ3v) is 7.22. The van der Waals surface area contributed by atoms with Gasteiger partial charge in [0.25, 0.3) is 0 Å². The van der Waals surface area contributed by atoms with Crippen LogP contribution in [0.3, 0.4) is 0 Å². The molecule has 0 saturated carbocycles. The molecule has 0 bridgehead atoms. The van der Waals surface area contributed by atoms with Crippen molar-refractivity contribution >= 4 is 28.3 Å². The van der Waals surface area contributed by atoms with E-state index in [2.05, 4.69) is 20.8 Å². The highest BCUT2D eigenvalue weighted by molar-refractivity contribution is 7.89. The number of nitrogens with zero attached hydrogens (tertiary/aromatic N) is 2. The van der Waals surface area contributed by atoms with Crippen LogP contribution in [0, 0.1) is 13.8 Å². The summed E-state index contributed by atoms with van der Waals surface area (Å²) >= 11 is 0. The van der Waals surface area contributed by atoms with E-state index >= 15 is 0 Å². The van der Waals surface area contributed by atoms with Crippen molar-refractivity contribution in [3.8, 4) is 0 Å². The van der Waals surface area contributed by atoms with Crippen LogP contribution in [0.2, 0.25) is 0 Å². The number of halogens is 1. The summed E-state index contributed by atoms with van der Waals surface area (Å²) in [6.07, 6.45) is 0.291. The molecule has 28 heavy (non-hydrogen) atoms. The van der Waals surface area contributed by atoms with Crippen molar-refractivity contribution in [2.75, 3.05) is 26.2 Å². The lowest BCUT2D eigenvalue weighted by Crippen LogP contribution is -2.51. The molecule has 6 nitrogen and oxygen atoms in total. The number of hydrogen-bond acceptors (Lipinski definition) is 4. The van der Waals surface area contributed by atoms with Crippen molar-refractivity contribution in [2.24, 2.45) is 5.73 Å². The summed E-state index contributed by atoms with van der Waals surface area (Å²) in [6, 6.07) is 3.76. The summed E-state index contributed by atoms with van der Waals surface area (Å²) in [4.78, 5) is 14.3. The molecule has 0 spiro atoms. The Kier molecular flexibility index (Phi) is 8.10. The van der Waals surface area contributed by atoms with E-state index in [0.717, 1.165) is 16.7 Å². The molecule has 0 aliphatic carbocycles. The number of carbonyl (C=O) groups is 1. The van der Waals surface area contributed by atoms with Crippen molar-refractivity contribution in [1.82, 2.24) is 9.21 Å². The number of amides is 1. The van der Waals surface area contributed by atoms with Gasteiger partial charge in [0.05, 0.1) is 4.90 Å². The highest BCUT2D eigenvalue weighted by Gasteiger charge is 2.32.